The molecule has 0 heterocycles. The van der Waals surface area contributed by atoms with Crippen molar-refractivity contribution in [1.82, 2.24) is 0 Å². The Kier molecular flexibility index (Phi) is 17.4. The first-order valence-corrected chi connectivity index (χ1v) is 13.9. The van der Waals surface area contributed by atoms with Gasteiger partial charge < -0.3 is 10.1 Å². The van der Waals surface area contributed by atoms with E-state index < -0.39 is 0 Å². The highest BCUT2D eigenvalue weighted by molar-refractivity contribution is 7.27. The monoisotopic (exact) mass is 497 g/mol. The standard InChI is InChI=1S/C24H32NP.C6H14O.C2H6/c1-7-8-12-20(19-13-11-16-23(26)17(19)2)18(3)25-22-15-10-9-14-21(22)24(4,5)6;1-3-5-7-6-4-2;1-2/h9-16,25H,3,7-8,26H2,1-2,4-6H3;3-6H2,1-2H3;1-2H3/b20-12-;;. The molecular weight excluding hydrogens is 445 g/mol. The number of para-hydroxylation sites is 1. The molecule has 0 radical (unpaired) electrons. The van der Waals surface area contributed by atoms with E-state index in [-0.39, 0.29) is 5.41 Å². The highest BCUT2D eigenvalue weighted by atomic mass is 31.0. The number of hydrogen-bond acceptors (Lipinski definition) is 2. The number of nitrogens with one attached hydrogen (secondary N) is 1. The van der Waals surface area contributed by atoms with Crippen LogP contribution in [0.3, 0.4) is 0 Å². The fourth-order valence-corrected chi connectivity index (χ4v) is 3.76. The Bertz CT molecular complexity index is 889. The molecule has 0 bridgehead atoms. The van der Waals surface area contributed by atoms with Gasteiger partial charge >= 0.3 is 0 Å². The van der Waals surface area contributed by atoms with E-state index in [0.717, 1.165) is 50.3 Å². The SMILES string of the molecule is C=C(Nc1ccccc1C(C)(C)C)/C(=C/CCC)c1cccc(P)c1C.CC.CCCOCCC. The van der Waals surface area contributed by atoms with E-state index in [4.69, 9.17) is 4.74 Å². The summed E-state index contributed by atoms with van der Waals surface area (Å²) in [6.45, 7) is 25.6. The molecule has 35 heavy (non-hydrogen) atoms. The smallest absolute Gasteiger partial charge is 0.0463 e. The first kappa shape index (κ1) is 33.1. The Balaban J connectivity index is 0.00000110. The van der Waals surface area contributed by atoms with Crippen molar-refractivity contribution < 1.29 is 4.74 Å². The predicted molar refractivity (Wildman–Crippen MR) is 164 cm³/mol. The summed E-state index contributed by atoms with van der Waals surface area (Å²) in [6, 6.07) is 14.9. The molecule has 0 aliphatic carbocycles. The summed E-state index contributed by atoms with van der Waals surface area (Å²) in [5.74, 6) is 0. The van der Waals surface area contributed by atoms with Crippen LogP contribution in [0.2, 0.25) is 0 Å². The molecule has 0 aliphatic heterocycles. The van der Waals surface area contributed by atoms with Crippen LogP contribution in [-0.4, -0.2) is 13.2 Å². The number of unbranched alkanes of at least 4 members (excludes halogenated alkanes) is 1. The van der Waals surface area contributed by atoms with Crippen molar-refractivity contribution in [3.63, 3.8) is 0 Å². The third-order valence-electron chi connectivity index (χ3n) is 5.35. The molecule has 2 aromatic carbocycles. The topological polar surface area (TPSA) is 21.3 Å². The molecule has 0 aromatic heterocycles. The minimum atomic E-state index is 0.0764. The number of ether oxygens (including phenoxy) is 1. The second-order valence-corrected chi connectivity index (χ2v) is 10.1. The molecule has 196 valence electrons. The Hall–Kier alpha value is -1.89. The summed E-state index contributed by atoms with van der Waals surface area (Å²) >= 11 is 0. The molecule has 0 fully saturated rings. The number of anilines is 1. The van der Waals surface area contributed by atoms with Gasteiger partial charge in [0.2, 0.25) is 0 Å². The number of rotatable bonds is 10. The van der Waals surface area contributed by atoms with Gasteiger partial charge in [0, 0.05) is 30.2 Å². The lowest BCUT2D eigenvalue weighted by atomic mass is 9.85. The number of allylic oxidation sites excluding steroid dienone is 2. The fourth-order valence-electron chi connectivity index (χ4n) is 3.50. The lowest BCUT2D eigenvalue weighted by Gasteiger charge is -2.25. The molecule has 1 unspecified atom stereocenters. The first-order valence-electron chi connectivity index (χ1n) is 13.4. The van der Waals surface area contributed by atoms with Crippen LogP contribution in [0, 0.1) is 6.92 Å². The third kappa shape index (κ3) is 12.1. The van der Waals surface area contributed by atoms with Crippen molar-refractivity contribution >= 4 is 25.8 Å². The minimum Gasteiger partial charge on any atom is -0.381 e. The van der Waals surface area contributed by atoms with Crippen LogP contribution in [-0.2, 0) is 10.2 Å². The van der Waals surface area contributed by atoms with E-state index in [1.807, 2.05) is 13.8 Å². The number of hydrogen-bond donors (Lipinski definition) is 1. The Labute approximate surface area is 219 Å². The van der Waals surface area contributed by atoms with Crippen LogP contribution in [0.15, 0.2) is 60.8 Å². The lowest BCUT2D eigenvalue weighted by molar-refractivity contribution is 0.135. The van der Waals surface area contributed by atoms with Gasteiger partial charge in [0.05, 0.1) is 0 Å². The minimum absolute atomic E-state index is 0.0764. The highest BCUT2D eigenvalue weighted by Gasteiger charge is 2.18. The zero-order valence-corrected chi connectivity index (χ0v) is 25.2. The van der Waals surface area contributed by atoms with E-state index in [1.54, 1.807) is 0 Å². The first-order chi connectivity index (χ1) is 16.7. The van der Waals surface area contributed by atoms with Gasteiger partial charge in [-0.1, -0.05) is 111 Å². The van der Waals surface area contributed by atoms with Gasteiger partial charge in [-0.2, -0.15) is 0 Å². The highest BCUT2D eigenvalue weighted by Crippen LogP contribution is 2.33. The maximum Gasteiger partial charge on any atom is 0.0463 e. The maximum absolute atomic E-state index is 5.13. The third-order valence-corrected chi connectivity index (χ3v) is 5.97. The quantitative estimate of drug-likeness (QED) is 0.200. The van der Waals surface area contributed by atoms with Gasteiger partial charge in [0.15, 0.2) is 0 Å². The molecule has 0 aliphatic rings. The molecule has 1 N–H and O–H groups in total. The van der Waals surface area contributed by atoms with Crippen molar-refractivity contribution in [3.8, 4) is 0 Å². The Morgan fingerprint density at radius 2 is 1.54 bits per heavy atom. The Morgan fingerprint density at radius 3 is 2.09 bits per heavy atom. The second-order valence-electron chi connectivity index (χ2n) is 9.44. The molecular formula is C32H52NOP. The van der Waals surface area contributed by atoms with Crippen LogP contribution in [0.25, 0.3) is 5.57 Å². The van der Waals surface area contributed by atoms with Gasteiger partial charge in [-0.3, -0.25) is 0 Å². The van der Waals surface area contributed by atoms with Gasteiger partial charge in [0.25, 0.3) is 0 Å². The van der Waals surface area contributed by atoms with E-state index >= 15 is 0 Å². The van der Waals surface area contributed by atoms with E-state index in [0.29, 0.717) is 0 Å². The molecule has 2 aromatic rings. The lowest BCUT2D eigenvalue weighted by Crippen LogP contribution is -2.15. The fraction of sp³-hybridized carbons (Fsp3) is 0.500. The second kappa shape index (κ2) is 18.4. The average molecular weight is 498 g/mol. The van der Waals surface area contributed by atoms with Gasteiger partial charge in [-0.25, -0.2) is 0 Å². The molecule has 1 atom stereocenters. The molecule has 0 spiro atoms. The molecule has 2 rings (SSSR count). The Morgan fingerprint density at radius 1 is 0.943 bits per heavy atom. The van der Waals surface area contributed by atoms with Crippen LogP contribution in [0.5, 0.6) is 0 Å². The molecule has 0 amide bonds. The normalized spacial score (nSPS) is 11.1. The van der Waals surface area contributed by atoms with E-state index in [1.165, 1.54) is 27.6 Å². The van der Waals surface area contributed by atoms with Gasteiger partial charge in [-0.15, -0.1) is 9.24 Å². The van der Waals surface area contributed by atoms with Gasteiger partial charge in [0.1, 0.15) is 0 Å². The molecule has 0 saturated heterocycles. The van der Waals surface area contributed by atoms with Crippen molar-refractivity contribution in [2.75, 3.05) is 18.5 Å². The molecule has 0 saturated carbocycles. The molecule has 3 heteroatoms. The van der Waals surface area contributed by atoms with Crippen LogP contribution in [0.4, 0.5) is 5.69 Å². The number of benzene rings is 2. The van der Waals surface area contributed by atoms with Crippen molar-refractivity contribution in [2.24, 2.45) is 0 Å². The van der Waals surface area contributed by atoms with E-state index in [2.05, 4.69) is 118 Å². The summed E-state index contributed by atoms with van der Waals surface area (Å²) in [4.78, 5) is 0. The van der Waals surface area contributed by atoms with Crippen LogP contribution >= 0.6 is 9.24 Å². The van der Waals surface area contributed by atoms with Crippen molar-refractivity contribution in [3.05, 3.63) is 77.5 Å². The van der Waals surface area contributed by atoms with Crippen LogP contribution < -0.4 is 10.6 Å². The summed E-state index contributed by atoms with van der Waals surface area (Å²) in [5, 5.41) is 4.83. The van der Waals surface area contributed by atoms with Crippen molar-refractivity contribution in [1.29, 1.82) is 0 Å². The average Bonchev–Trinajstić information content (AvgIpc) is 2.83. The summed E-state index contributed by atoms with van der Waals surface area (Å²) < 4.78 is 5.13. The van der Waals surface area contributed by atoms with E-state index in [9.17, 15) is 0 Å². The molecule has 2 nitrogen and oxygen atoms in total. The largest absolute Gasteiger partial charge is 0.381 e. The zero-order valence-electron chi connectivity index (χ0n) is 24.1. The predicted octanol–water partition coefficient (Wildman–Crippen LogP) is 9.45. The summed E-state index contributed by atoms with van der Waals surface area (Å²) in [6.07, 6.45) is 6.74. The van der Waals surface area contributed by atoms with Crippen LogP contribution in [0.1, 0.15) is 97.8 Å². The maximum atomic E-state index is 5.13. The zero-order chi connectivity index (χ0) is 26.9. The van der Waals surface area contributed by atoms with Gasteiger partial charge in [-0.05, 0) is 59.7 Å². The summed E-state index contributed by atoms with van der Waals surface area (Å²) in [5.41, 5.74) is 7.18. The summed E-state index contributed by atoms with van der Waals surface area (Å²) in [7, 11) is 2.83. The van der Waals surface area contributed by atoms with Crippen molar-refractivity contribution in [2.45, 2.75) is 93.4 Å².